The van der Waals surface area contributed by atoms with Crippen LogP contribution in [0.1, 0.15) is 32.6 Å². The van der Waals surface area contributed by atoms with Crippen LogP contribution in [0.2, 0.25) is 0 Å². The third-order valence-corrected chi connectivity index (χ3v) is 4.14. The van der Waals surface area contributed by atoms with Crippen molar-refractivity contribution in [3.63, 3.8) is 0 Å². The summed E-state index contributed by atoms with van der Waals surface area (Å²) in [6, 6.07) is 8.66. The molecule has 8 heteroatoms. The van der Waals surface area contributed by atoms with Gasteiger partial charge in [0.15, 0.2) is 6.29 Å². The van der Waals surface area contributed by atoms with Crippen molar-refractivity contribution in [3.8, 4) is 0 Å². The van der Waals surface area contributed by atoms with E-state index in [9.17, 15) is 9.59 Å². The number of carbonyl (C=O) groups is 2. The maximum Gasteiger partial charge on any atom is 0.339 e. The second-order valence-corrected chi connectivity index (χ2v) is 6.46. The molecule has 1 fully saturated rings. The van der Waals surface area contributed by atoms with Crippen LogP contribution in [0, 0.1) is 5.92 Å². The molecule has 1 aromatic rings. The Hall–Kier alpha value is -2.71. The van der Waals surface area contributed by atoms with Crippen molar-refractivity contribution in [1.82, 2.24) is 5.43 Å². The zero-order valence-electron chi connectivity index (χ0n) is 15.9. The van der Waals surface area contributed by atoms with Crippen LogP contribution in [0.5, 0.6) is 0 Å². The number of carboxylic acid groups (broad SMARTS) is 1. The van der Waals surface area contributed by atoms with E-state index in [0.29, 0.717) is 25.1 Å². The largest absolute Gasteiger partial charge is 0.481 e. The average molecular weight is 389 g/mol. The highest BCUT2D eigenvalue weighted by Gasteiger charge is 2.28. The fraction of sp³-hybridized carbons (Fsp3) is 0.450. The number of hydrogen-bond donors (Lipinski definition) is 3. The maximum atomic E-state index is 11.9. The quantitative estimate of drug-likeness (QED) is 0.260. The third kappa shape index (κ3) is 8.32. The topological polar surface area (TPSA) is 109 Å². The summed E-state index contributed by atoms with van der Waals surface area (Å²) in [5.41, 5.74) is 3.11. The molecular weight excluding hydrogens is 362 g/mol. The molecule has 1 aliphatic heterocycles. The van der Waals surface area contributed by atoms with Crippen molar-refractivity contribution in [2.75, 3.05) is 11.9 Å². The van der Waals surface area contributed by atoms with E-state index < -0.39 is 12.0 Å². The van der Waals surface area contributed by atoms with Gasteiger partial charge >= 0.3 is 12.0 Å². The van der Waals surface area contributed by atoms with Gasteiger partial charge in [0.25, 0.3) is 0 Å². The molecule has 3 atom stereocenters. The Morgan fingerprint density at radius 1 is 1.29 bits per heavy atom. The number of carbonyl (C=O) groups excluding carboxylic acids is 1. The first-order valence-electron chi connectivity index (χ1n) is 9.33. The highest BCUT2D eigenvalue weighted by atomic mass is 16.7. The van der Waals surface area contributed by atoms with Crippen molar-refractivity contribution in [2.45, 2.75) is 45.0 Å². The summed E-state index contributed by atoms with van der Waals surface area (Å²) in [5.74, 6) is -0.716. The van der Waals surface area contributed by atoms with E-state index in [2.05, 4.69) is 15.8 Å². The molecule has 3 N–H and O–H groups in total. The van der Waals surface area contributed by atoms with Crippen molar-refractivity contribution in [2.24, 2.45) is 11.0 Å². The predicted molar refractivity (Wildman–Crippen MR) is 106 cm³/mol. The lowest BCUT2D eigenvalue weighted by Crippen LogP contribution is -2.40. The molecule has 0 radical (unpaired) electrons. The van der Waals surface area contributed by atoms with Crippen LogP contribution in [0.15, 0.2) is 47.6 Å². The number of urea groups is 1. The van der Waals surface area contributed by atoms with Gasteiger partial charge < -0.3 is 19.9 Å². The molecule has 0 aromatic heterocycles. The molecule has 0 aliphatic carbocycles. The van der Waals surface area contributed by atoms with E-state index in [1.54, 1.807) is 18.3 Å². The van der Waals surface area contributed by atoms with Crippen LogP contribution in [-0.2, 0) is 14.3 Å². The van der Waals surface area contributed by atoms with Gasteiger partial charge in [0.2, 0.25) is 0 Å². The number of amides is 2. The average Bonchev–Trinajstić information content (AvgIpc) is 2.66. The SMILES string of the molecule is C[C@@H]1OC[C@H](C/C=C\CCCC(=O)O)[C@H](/C=N/NC(=O)Nc2ccccc2)O1. The molecule has 2 rings (SSSR count). The number of rotatable bonds is 9. The van der Waals surface area contributed by atoms with Gasteiger partial charge in [0.05, 0.1) is 12.8 Å². The number of hydrazone groups is 1. The van der Waals surface area contributed by atoms with Gasteiger partial charge in [-0.05, 0) is 38.3 Å². The van der Waals surface area contributed by atoms with E-state index in [4.69, 9.17) is 14.6 Å². The predicted octanol–water partition coefficient (Wildman–Crippen LogP) is 3.37. The summed E-state index contributed by atoms with van der Waals surface area (Å²) in [6.07, 6.45) is 7.15. The van der Waals surface area contributed by atoms with E-state index in [0.717, 1.165) is 6.42 Å². The number of nitrogens with zero attached hydrogens (tertiary/aromatic N) is 1. The summed E-state index contributed by atoms with van der Waals surface area (Å²) in [4.78, 5) is 22.4. The van der Waals surface area contributed by atoms with Crippen LogP contribution in [0.3, 0.4) is 0 Å². The van der Waals surface area contributed by atoms with Gasteiger partial charge in [-0.2, -0.15) is 5.10 Å². The fourth-order valence-corrected chi connectivity index (χ4v) is 2.69. The van der Waals surface area contributed by atoms with Crippen molar-refractivity contribution >= 4 is 23.9 Å². The number of aliphatic carboxylic acids is 1. The number of para-hydroxylation sites is 1. The summed E-state index contributed by atoms with van der Waals surface area (Å²) >= 11 is 0. The Bertz CT molecular complexity index is 678. The summed E-state index contributed by atoms with van der Waals surface area (Å²) in [6.45, 7) is 2.34. The van der Waals surface area contributed by atoms with Crippen LogP contribution in [0.4, 0.5) is 10.5 Å². The molecule has 0 saturated carbocycles. The number of benzene rings is 1. The van der Waals surface area contributed by atoms with Crippen LogP contribution in [0.25, 0.3) is 0 Å². The molecule has 0 unspecified atom stereocenters. The van der Waals surface area contributed by atoms with Gasteiger partial charge in [0.1, 0.15) is 6.10 Å². The van der Waals surface area contributed by atoms with Gasteiger partial charge in [0, 0.05) is 18.0 Å². The smallest absolute Gasteiger partial charge is 0.339 e. The monoisotopic (exact) mass is 389 g/mol. The first kappa shape index (κ1) is 21.6. The molecule has 1 saturated heterocycles. The molecule has 152 valence electrons. The Kier molecular flexibility index (Phi) is 9.17. The van der Waals surface area contributed by atoms with Crippen molar-refractivity contribution in [1.29, 1.82) is 0 Å². The molecule has 0 bridgehead atoms. The molecule has 2 amide bonds. The number of allylic oxidation sites excluding steroid dienone is 2. The fourth-order valence-electron chi connectivity index (χ4n) is 2.69. The Balaban J connectivity index is 1.78. The highest BCUT2D eigenvalue weighted by molar-refractivity contribution is 5.89. The van der Waals surface area contributed by atoms with Gasteiger partial charge in [-0.1, -0.05) is 30.4 Å². The van der Waals surface area contributed by atoms with Crippen LogP contribution >= 0.6 is 0 Å². The molecule has 8 nitrogen and oxygen atoms in total. The molecule has 28 heavy (non-hydrogen) atoms. The molecule has 0 spiro atoms. The lowest BCUT2D eigenvalue weighted by molar-refractivity contribution is -0.206. The van der Waals surface area contributed by atoms with Crippen LogP contribution in [-0.4, -0.2) is 42.3 Å². The minimum Gasteiger partial charge on any atom is -0.481 e. The number of carboxylic acids is 1. The second kappa shape index (κ2) is 11.9. The summed E-state index contributed by atoms with van der Waals surface area (Å²) in [5, 5.41) is 15.3. The van der Waals surface area contributed by atoms with Crippen LogP contribution < -0.4 is 10.7 Å². The van der Waals surface area contributed by atoms with E-state index in [-0.39, 0.29) is 24.7 Å². The summed E-state index contributed by atoms with van der Waals surface area (Å²) < 4.78 is 11.3. The summed E-state index contributed by atoms with van der Waals surface area (Å²) in [7, 11) is 0. The highest BCUT2D eigenvalue weighted by Crippen LogP contribution is 2.21. The number of nitrogens with one attached hydrogen (secondary N) is 2. The minimum atomic E-state index is -0.781. The zero-order chi connectivity index (χ0) is 20.2. The second-order valence-electron chi connectivity index (χ2n) is 6.46. The molecule has 1 heterocycles. The van der Waals surface area contributed by atoms with E-state index in [1.807, 2.05) is 37.3 Å². The van der Waals surface area contributed by atoms with Crippen molar-refractivity contribution in [3.05, 3.63) is 42.5 Å². The Morgan fingerprint density at radius 3 is 2.82 bits per heavy atom. The standard InChI is InChI=1S/C20H27N3O5/c1-15-27-14-16(9-5-2-3-8-12-19(24)25)18(28-15)13-21-23-20(26)22-17-10-6-4-7-11-17/h2,4-7,10-11,13,15-16,18H,3,8-9,12,14H2,1H3,(H,24,25)(H2,22,23,26)/b5-2-,21-13+/t15-,16+,18+/m1/s1. The minimum absolute atomic E-state index is 0.0645. The maximum absolute atomic E-state index is 11.9. The lowest BCUT2D eigenvalue weighted by Gasteiger charge is -2.32. The normalized spacial score (nSPS) is 22.4. The van der Waals surface area contributed by atoms with Crippen molar-refractivity contribution < 1.29 is 24.2 Å². The third-order valence-electron chi connectivity index (χ3n) is 4.14. The molecular formula is C20H27N3O5. The van der Waals surface area contributed by atoms with E-state index in [1.165, 1.54) is 0 Å². The first-order valence-corrected chi connectivity index (χ1v) is 9.33. The Morgan fingerprint density at radius 2 is 2.07 bits per heavy atom. The first-order chi connectivity index (χ1) is 13.5. The van der Waals surface area contributed by atoms with Gasteiger partial charge in [-0.3, -0.25) is 4.79 Å². The van der Waals surface area contributed by atoms with Gasteiger partial charge in [-0.15, -0.1) is 0 Å². The Labute approximate surface area is 164 Å². The molecule has 1 aliphatic rings. The number of anilines is 1. The zero-order valence-corrected chi connectivity index (χ0v) is 15.9. The number of hydrogen-bond acceptors (Lipinski definition) is 5. The van der Waals surface area contributed by atoms with E-state index >= 15 is 0 Å². The number of unbranched alkanes of at least 4 members (excludes halogenated alkanes) is 1. The molecule has 1 aromatic carbocycles. The lowest BCUT2D eigenvalue weighted by atomic mass is 9.98. The number of ether oxygens (including phenoxy) is 2. The van der Waals surface area contributed by atoms with Gasteiger partial charge in [-0.25, -0.2) is 10.2 Å².